The van der Waals surface area contributed by atoms with Gasteiger partial charge in [0.25, 0.3) is 5.56 Å². The molecule has 0 aromatic carbocycles. The van der Waals surface area contributed by atoms with Gasteiger partial charge in [-0.2, -0.15) is 0 Å². The van der Waals surface area contributed by atoms with Gasteiger partial charge in [-0.05, 0) is 20.8 Å². The van der Waals surface area contributed by atoms with Gasteiger partial charge in [-0.15, -0.1) is 0 Å². The molecule has 0 saturated heterocycles. The van der Waals surface area contributed by atoms with E-state index in [4.69, 9.17) is 0 Å². The van der Waals surface area contributed by atoms with E-state index in [1.807, 2.05) is 13.8 Å². The topological polar surface area (TPSA) is 90.9 Å². The molecule has 0 unspecified atom stereocenters. The molecule has 0 aliphatic heterocycles. The number of aromatic nitrogens is 4. The molecule has 8 nitrogen and oxygen atoms in total. The molecule has 0 aliphatic carbocycles. The predicted molar refractivity (Wildman–Crippen MR) is 78.2 cm³/mol. The van der Waals surface area contributed by atoms with E-state index < -0.39 is 17.3 Å². The van der Waals surface area contributed by atoms with E-state index >= 15 is 0 Å². The summed E-state index contributed by atoms with van der Waals surface area (Å²) in [6.45, 7) is 5.40. The first-order valence-electron chi connectivity index (χ1n) is 6.68. The Bertz CT molecular complexity index is 812. The lowest BCUT2D eigenvalue weighted by Crippen LogP contribution is -2.39. The minimum Gasteiger partial charge on any atom is -0.352 e. The quantitative estimate of drug-likeness (QED) is 0.827. The lowest BCUT2D eigenvalue weighted by Gasteiger charge is -2.16. The molecule has 114 valence electrons. The van der Waals surface area contributed by atoms with Crippen LogP contribution in [-0.4, -0.2) is 30.6 Å². The van der Waals surface area contributed by atoms with Crippen molar-refractivity contribution in [1.82, 2.24) is 24.0 Å². The Morgan fingerprint density at radius 2 is 1.81 bits per heavy atom. The first-order valence-corrected chi connectivity index (χ1v) is 6.68. The molecule has 2 aromatic heterocycles. The number of carbonyl (C=O) groups excluding carboxylic acids is 1. The van der Waals surface area contributed by atoms with Crippen molar-refractivity contribution in [3.63, 3.8) is 0 Å². The fourth-order valence-electron chi connectivity index (χ4n) is 2.19. The molecule has 1 amide bonds. The lowest BCUT2D eigenvalue weighted by molar-refractivity contribution is -0.124. The van der Waals surface area contributed by atoms with E-state index in [9.17, 15) is 14.4 Å². The van der Waals surface area contributed by atoms with Gasteiger partial charge in [0, 0.05) is 20.1 Å². The van der Waals surface area contributed by atoms with E-state index in [1.165, 1.54) is 22.5 Å². The highest BCUT2D eigenvalue weighted by Gasteiger charge is 2.21. The highest BCUT2D eigenvalue weighted by molar-refractivity contribution is 5.82. The van der Waals surface area contributed by atoms with E-state index in [1.54, 1.807) is 14.0 Å². The fourth-order valence-corrected chi connectivity index (χ4v) is 2.19. The Kier molecular flexibility index (Phi) is 3.71. The molecule has 0 fully saturated rings. The van der Waals surface area contributed by atoms with Crippen LogP contribution < -0.4 is 16.6 Å². The van der Waals surface area contributed by atoms with Crippen molar-refractivity contribution < 1.29 is 4.79 Å². The molecular weight excluding hydrogens is 274 g/mol. The van der Waals surface area contributed by atoms with E-state index in [0.717, 1.165) is 4.57 Å². The van der Waals surface area contributed by atoms with Gasteiger partial charge in [0.05, 0.1) is 6.33 Å². The third-order valence-electron chi connectivity index (χ3n) is 3.40. The van der Waals surface area contributed by atoms with Crippen LogP contribution in [0.2, 0.25) is 0 Å². The second-order valence-corrected chi connectivity index (χ2v) is 5.37. The van der Waals surface area contributed by atoms with Crippen LogP contribution in [-0.2, 0) is 18.9 Å². The van der Waals surface area contributed by atoms with Gasteiger partial charge in [0.1, 0.15) is 6.04 Å². The normalized spacial score (nSPS) is 12.9. The predicted octanol–water partition coefficient (Wildman–Crippen LogP) is -0.481. The Morgan fingerprint density at radius 1 is 1.19 bits per heavy atom. The molecule has 0 bridgehead atoms. The number of fused-ring (bicyclic) bond motifs is 1. The van der Waals surface area contributed by atoms with Crippen molar-refractivity contribution in [3.8, 4) is 0 Å². The van der Waals surface area contributed by atoms with Crippen molar-refractivity contribution in [2.45, 2.75) is 32.9 Å². The van der Waals surface area contributed by atoms with Gasteiger partial charge in [0.2, 0.25) is 5.91 Å². The molecule has 2 aromatic rings. The summed E-state index contributed by atoms with van der Waals surface area (Å²) >= 11 is 0. The maximum absolute atomic E-state index is 12.3. The van der Waals surface area contributed by atoms with Gasteiger partial charge >= 0.3 is 5.69 Å². The molecular formula is C13H19N5O3. The number of carbonyl (C=O) groups is 1. The molecule has 0 saturated carbocycles. The number of aryl methyl sites for hydroxylation is 1. The Balaban J connectivity index is 2.65. The van der Waals surface area contributed by atoms with Gasteiger partial charge in [-0.25, -0.2) is 9.78 Å². The summed E-state index contributed by atoms with van der Waals surface area (Å²) in [5.74, 6) is -0.208. The minimum atomic E-state index is -0.595. The van der Waals surface area contributed by atoms with Crippen LogP contribution in [0.1, 0.15) is 26.8 Å². The van der Waals surface area contributed by atoms with Crippen LogP contribution in [0.15, 0.2) is 15.9 Å². The average Bonchev–Trinajstić information content (AvgIpc) is 2.85. The first-order chi connectivity index (χ1) is 9.75. The van der Waals surface area contributed by atoms with Crippen molar-refractivity contribution >= 4 is 17.1 Å². The number of nitrogens with one attached hydrogen (secondary N) is 1. The summed E-state index contributed by atoms with van der Waals surface area (Å²) in [6, 6.07) is -0.593. The smallest absolute Gasteiger partial charge is 0.332 e. The summed E-state index contributed by atoms with van der Waals surface area (Å²) in [5.41, 5.74) is -0.398. The third-order valence-corrected chi connectivity index (χ3v) is 3.40. The lowest BCUT2D eigenvalue weighted by atomic mass is 10.2. The van der Waals surface area contributed by atoms with Gasteiger partial charge in [0.15, 0.2) is 11.2 Å². The van der Waals surface area contributed by atoms with Crippen molar-refractivity contribution in [2.24, 2.45) is 14.1 Å². The van der Waals surface area contributed by atoms with Crippen molar-refractivity contribution in [3.05, 3.63) is 27.2 Å². The standard InChI is InChI=1S/C13H19N5O3/c1-7(2)15-11(19)8(3)18-6-14-10-9(18)12(20)17(5)13(21)16(10)4/h6-8H,1-5H3,(H,15,19)/t8-/m0/s1. The molecule has 0 spiro atoms. The van der Waals surface area contributed by atoms with Crippen LogP contribution in [0.4, 0.5) is 0 Å². The zero-order valence-electron chi connectivity index (χ0n) is 12.7. The number of hydrogen-bond acceptors (Lipinski definition) is 4. The van der Waals surface area contributed by atoms with Gasteiger partial charge in [-0.3, -0.25) is 18.7 Å². The molecule has 1 N–H and O–H groups in total. The number of rotatable bonds is 3. The molecule has 2 rings (SSSR count). The Hall–Kier alpha value is -2.38. The number of nitrogens with zero attached hydrogens (tertiary/aromatic N) is 4. The number of amides is 1. The monoisotopic (exact) mass is 293 g/mol. The minimum absolute atomic E-state index is 0.00178. The zero-order valence-corrected chi connectivity index (χ0v) is 12.7. The molecule has 0 radical (unpaired) electrons. The van der Waals surface area contributed by atoms with Gasteiger partial charge < -0.3 is 9.88 Å². The second-order valence-electron chi connectivity index (χ2n) is 5.37. The maximum Gasteiger partial charge on any atom is 0.332 e. The number of hydrogen-bond donors (Lipinski definition) is 1. The molecule has 8 heteroatoms. The van der Waals surface area contributed by atoms with E-state index in [2.05, 4.69) is 10.3 Å². The SMILES string of the molecule is CC(C)NC(=O)[C@H](C)n1cnc2c1c(=O)n(C)c(=O)n2C. The largest absolute Gasteiger partial charge is 0.352 e. The first kappa shape index (κ1) is 15.0. The molecule has 21 heavy (non-hydrogen) atoms. The molecule has 2 heterocycles. The molecule has 1 atom stereocenters. The summed E-state index contributed by atoms with van der Waals surface area (Å²) in [7, 11) is 2.95. The van der Waals surface area contributed by atoms with Crippen LogP contribution in [0, 0.1) is 0 Å². The Labute approximate surface area is 121 Å². The summed E-state index contributed by atoms with van der Waals surface area (Å²) in [5, 5.41) is 2.79. The van der Waals surface area contributed by atoms with Crippen molar-refractivity contribution in [2.75, 3.05) is 0 Å². The van der Waals surface area contributed by atoms with Crippen LogP contribution in [0.5, 0.6) is 0 Å². The number of imidazole rings is 1. The van der Waals surface area contributed by atoms with Crippen molar-refractivity contribution in [1.29, 1.82) is 0 Å². The highest BCUT2D eigenvalue weighted by atomic mass is 16.2. The average molecular weight is 293 g/mol. The van der Waals surface area contributed by atoms with E-state index in [-0.39, 0.29) is 23.1 Å². The summed E-state index contributed by atoms with van der Waals surface area (Å²) < 4.78 is 3.79. The van der Waals surface area contributed by atoms with Crippen LogP contribution in [0.3, 0.4) is 0 Å². The van der Waals surface area contributed by atoms with Crippen LogP contribution in [0.25, 0.3) is 11.2 Å². The van der Waals surface area contributed by atoms with E-state index in [0.29, 0.717) is 0 Å². The Morgan fingerprint density at radius 3 is 2.38 bits per heavy atom. The second kappa shape index (κ2) is 5.19. The summed E-state index contributed by atoms with van der Waals surface area (Å²) in [6.07, 6.45) is 1.41. The maximum atomic E-state index is 12.3. The van der Waals surface area contributed by atoms with Gasteiger partial charge in [-0.1, -0.05) is 0 Å². The fraction of sp³-hybridized carbons (Fsp3) is 0.538. The zero-order chi connectivity index (χ0) is 15.9. The highest BCUT2D eigenvalue weighted by Crippen LogP contribution is 2.13. The third kappa shape index (κ3) is 2.37. The van der Waals surface area contributed by atoms with Crippen LogP contribution >= 0.6 is 0 Å². The molecule has 0 aliphatic rings. The summed E-state index contributed by atoms with van der Waals surface area (Å²) in [4.78, 5) is 40.4.